The number of hydrogen-bond donors (Lipinski definition) is 1. The Balaban J connectivity index is 1.74. The van der Waals surface area contributed by atoms with Gasteiger partial charge >= 0.3 is 5.97 Å². The van der Waals surface area contributed by atoms with Crippen molar-refractivity contribution in [2.45, 2.75) is 38.5 Å². The van der Waals surface area contributed by atoms with Crippen molar-refractivity contribution in [2.75, 3.05) is 31.8 Å². The van der Waals surface area contributed by atoms with Crippen LogP contribution in [0, 0.1) is 5.92 Å². The topological polar surface area (TPSA) is 92.8 Å². The molecule has 1 N–H and O–H groups in total. The number of anilines is 1. The molecule has 0 unspecified atom stereocenters. The van der Waals surface area contributed by atoms with Gasteiger partial charge in [0.1, 0.15) is 5.00 Å². The number of piperidine rings is 1. The molecule has 0 atom stereocenters. The van der Waals surface area contributed by atoms with Crippen LogP contribution in [0.4, 0.5) is 5.00 Å². The van der Waals surface area contributed by atoms with Crippen molar-refractivity contribution in [3.63, 3.8) is 0 Å². The average Bonchev–Trinajstić information content (AvgIpc) is 2.98. The van der Waals surface area contributed by atoms with Crippen LogP contribution in [-0.2, 0) is 32.4 Å². The minimum Gasteiger partial charge on any atom is -0.465 e. The Kier molecular flexibility index (Phi) is 5.69. The summed E-state index contributed by atoms with van der Waals surface area (Å²) in [5, 5.41) is 3.49. The Morgan fingerprint density at radius 3 is 2.46 bits per heavy atom. The van der Waals surface area contributed by atoms with Crippen LogP contribution < -0.4 is 5.32 Å². The Morgan fingerprint density at radius 2 is 1.85 bits per heavy atom. The molecule has 26 heavy (non-hydrogen) atoms. The number of thiophene rings is 1. The maximum Gasteiger partial charge on any atom is 0.341 e. The summed E-state index contributed by atoms with van der Waals surface area (Å²) in [6.07, 6.45) is 6.03. The molecule has 3 rings (SSSR count). The van der Waals surface area contributed by atoms with Gasteiger partial charge in [-0.05, 0) is 44.1 Å². The minimum absolute atomic E-state index is 0.151. The van der Waals surface area contributed by atoms with Crippen LogP contribution in [0.1, 0.15) is 46.5 Å². The molecule has 1 aromatic rings. The summed E-state index contributed by atoms with van der Waals surface area (Å²) in [5.74, 6) is -0.814. The lowest BCUT2D eigenvalue weighted by molar-refractivity contribution is -0.120. The first kappa shape index (κ1) is 19.3. The van der Waals surface area contributed by atoms with Crippen molar-refractivity contribution < 1.29 is 22.7 Å². The number of rotatable bonds is 4. The van der Waals surface area contributed by atoms with Crippen molar-refractivity contribution in [1.29, 1.82) is 0 Å². The Hall–Kier alpha value is -1.45. The Morgan fingerprint density at radius 1 is 1.19 bits per heavy atom. The van der Waals surface area contributed by atoms with E-state index in [0.717, 1.165) is 36.1 Å². The van der Waals surface area contributed by atoms with E-state index in [9.17, 15) is 18.0 Å². The summed E-state index contributed by atoms with van der Waals surface area (Å²) in [7, 11) is -1.87. The third kappa shape index (κ3) is 3.94. The van der Waals surface area contributed by atoms with Gasteiger partial charge in [0.15, 0.2) is 0 Å². The number of carbonyl (C=O) groups excluding carboxylic acids is 2. The van der Waals surface area contributed by atoms with Gasteiger partial charge in [0.05, 0.1) is 18.9 Å². The predicted octanol–water partition coefficient (Wildman–Crippen LogP) is 2.02. The fraction of sp³-hybridized carbons (Fsp3) is 0.647. The molecule has 1 aliphatic carbocycles. The number of fused-ring (bicyclic) bond motifs is 1. The lowest BCUT2D eigenvalue weighted by Gasteiger charge is -2.29. The number of aryl methyl sites for hydroxylation is 1. The van der Waals surface area contributed by atoms with E-state index in [4.69, 9.17) is 4.74 Å². The number of hydrogen-bond acceptors (Lipinski definition) is 6. The highest BCUT2D eigenvalue weighted by Gasteiger charge is 2.31. The van der Waals surface area contributed by atoms with Crippen molar-refractivity contribution in [3.8, 4) is 0 Å². The second kappa shape index (κ2) is 7.66. The molecule has 0 spiro atoms. The van der Waals surface area contributed by atoms with Gasteiger partial charge in [-0.3, -0.25) is 4.79 Å². The fourth-order valence-corrected chi connectivity index (χ4v) is 5.79. The summed E-state index contributed by atoms with van der Waals surface area (Å²) >= 11 is 1.46. The Labute approximate surface area is 157 Å². The molecule has 7 nitrogen and oxygen atoms in total. The smallest absolute Gasteiger partial charge is 0.341 e. The highest BCUT2D eigenvalue weighted by atomic mass is 32.2. The largest absolute Gasteiger partial charge is 0.465 e. The highest BCUT2D eigenvalue weighted by molar-refractivity contribution is 7.88. The van der Waals surface area contributed by atoms with Gasteiger partial charge in [-0.2, -0.15) is 0 Å². The van der Waals surface area contributed by atoms with Crippen molar-refractivity contribution in [1.82, 2.24) is 4.31 Å². The average molecular weight is 401 g/mol. The molecule has 0 aromatic carbocycles. The zero-order chi connectivity index (χ0) is 18.9. The number of amides is 1. The first-order chi connectivity index (χ1) is 12.3. The first-order valence-corrected chi connectivity index (χ1v) is 11.5. The van der Waals surface area contributed by atoms with E-state index in [0.29, 0.717) is 36.5 Å². The van der Waals surface area contributed by atoms with Crippen LogP contribution in [0.3, 0.4) is 0 Å². The van der Waals surface area contributed by atoms with Gasteiger partial charge in [-0.25, -0.2) is 17.5 Å². The molecule has 0 bridgehead atoms. The summed E-state index contributed by atoms with van der Waals surface area (Å²) in [6, 6.07) is 0. The van der Waals surface area contributed by atoms with E-state index < -0.39 is 16.0 Å². The molecule has 1 amide bonds. The van der Waals surface area contributed by atoms with Crippen LogP contribution in [0.5, 0.6) is 0 Å². The van der Waals surface area contributed by atoms with Gasteiger partial charge < -0.3 is 10.1 Å². The molecular formula is C17H24N2O5S2. The van der Waals surface area contributed by atoms with Crippen LogP contribution in [0.15, 0.2) is 0 Å². The third-order valence-electron chi connectivity index (χ3n) is 5.09. The lowest BCUT2D eigenvalue weighted by atomic mass is 9.95. The zero-order valence-electron chi connectivity index (χ0n) is 15.0. The van der Waals surface area contributed by atoms with Crippen molar-refractivity contribution in [2.24, 2.45) is 5.92 Å². The number of ether oxygens (including phenoxy) is 1. The normalized spacial score (nSPS) is 19.0. The molecule has 0 saturated carbocycles. The fourth-order valence-electron chi connectivity index (χ4n) is 3.64. The van der Waals surface area contributed by atoms with E-state index in [1.54, 1.807) is 0 Å². The number of carbonyl (C=O) groups is 2. The second-order valence-corrected chi connectivity index (χ2v) is 9.92. The maximum absolute atomic E-state index is 12.7. The molecule has 1 aromatic heterocycles. The van der Waals surface area contributed by atoms with Crippen LogP contribution in [-0.4, -0.2) is 51.1 Å². The quantitative estimate of drug-likeness (QED) is 0.781. The number of sulfonamides is 1. The summed E-state index contributed by atoms with van der Waals surface area (Å²) in [5.41, 5.74) is 1.50. The summed E-state index contributed by atoms with van der Waals surface area (Å²) < 4.78 is 29.5. The van der Waals surface area contributed by atoms with Crippen LogP contribution in [0.25, 0.3) is 0 Å². The third-order valence-corrected chi connectivity index (χ3v) is 7.60. The van der Waals surface area contributed by atoms with Crippen LogP contribution >= 0.6 is 11.3 Å². The number of methoxy groups -OCH3 is 1. The highest BCUT2D eigenvalue weighted by Crippen LogP contribution is 2.39. The molecule has 1 aliphatic heterocycles. The molecule has 1 saturated heterocycles. The monoisotopic (exact) mass is 400 g/mol. The molecule has 2 heterocycles. The zero-order valence-corrected chi connectivity index (χ0v) is 16.7. The van der Waals surface area contributed by atoms with E-state index in [-0.39, 0.29) is 11.8 Å². The molecule has 9 heteroatoms. The first-order valence-electron chi connectivity index (χ1n) is 8.80. The summed E-state index contributed by atoms with van der Waals surface area (Å²) in [6.45, 7) is 0.698. The van der Waals surface area contributed by atoms with E-state index in [2.05, 4.69) is 5.32 Å². The van der Waals surface area contributed by atoms with Gasteiger partial charge in [-0.1, -0.05) is 0 Å². The standard InChI is InChI=1S/C17H24N2O5S2/c1-24-17(21)14-12-5-3-4-6-13(12)25-16(14)18-15(20)11-7-9-19(10-8-11)26(2,22)23/h11H,3-10H2,1-2H3,(H,18,20). The van der Waals surface area contributed by atoms with E-state index in [1.165, 1.54) is 29.0 Å². The van der Waals surface area contributed by atoms with Gasteiger partial charge in [0.2, 0.25) is 15.9 Å². The molecule has 144 valence electrons. The molecule has 1 fully saturated rings. The second-order valence-electron chi connectivity index (χ2n) is 6.83. The SMILES string of the molecule is COC(=O)c1c(NC(=O)C2CCN(S(C)(=O)=O)CC2)sc2c1CCCC2. The maximum atomic E-state index is 12.7. The molecule has 0 radical (unpaired) electrons. The van der Waals surface area contributed by atoms with Gasteiger partial charge in [0, 0.05) is 23.9 Å². The molecule has 2 aliphatic rings. The van der Waals surface area contributed by atoms with Crippen LogP contribution in [0.2, 0.25) is 0 Å². The predicted molar refractivity (Wildman–Crippen MR) is 100 cm³/mol. The minimum atomic E-state index is -3.21. The number of esters is 1. The van der Waals surface area contributed by atoms with E-state index >= 15 is 0 Å². The van der Waals surface area contributed by atoms with Crippen molar-refractivity contribution in [3.05, 3.63) is 16.0 Å². The number of nitrogens with one attached hydrogen (secondary N) is 1. The molecular weight excluding hydrogens is 376 g/mol. The van der Waals surface area contributed by atoms with Gasteiger partial charge in [-0.15, -0.1) is 11.3 Å². The number of nitrogens with zero attached hydrogens (tertiary/aromatic N) is 1. The van der Waals surface area contributed by atoms with Crippen molar-refractivity contribution >= 4 is 38.2 Å². The van der Waals surface area contributed by atoms with Gasteiger partial charge in [0.25, 0.3) is 0 Å². The summed E-state index contributed by atoms with van der Waals surface area (Å²) in [4.78, 5) is 26.1. The lowest BCUT2D eigenvalue weighted by Crippen LogP contribution is -2.40. The van der Waals surface area contributed by atoms with E-state index in [1.807, 2.05) is 0 Å². The Bertz CT molecular complexity index is 807.